The number of carbonyl (C=O) groups excluding carboxylic acids is 2. The van der Waals surface area contributed by atoms with Crippen molar-refractivity contribution in [2.24, 2.45) is 5.92 Å². The molecule has 0 fully saturated rings. The highest BCUT2D eigenvalue weighted by Gasteiger charge is 2.22. The number of hydrogen-bond donors (Lipinski definition) is 2. The van der Waals surface area contributed by atoms with E-state index in [2.05, 4.69) is 10.6 Å². The van der Waals surface area contributed by atoms with Gasteiger partial charge in [-0.15, -0.1) is 0 Å². The Morgan fingerprint density at radius 1 is 1.14 bits per heavy atom. The minimum atomic E-state index is -0.544. The highest BCUT2D eigenvalue weighted by molar-refractivity contribution is 5.87. The molecule has 0 aliphatic carbocycles. The maximum Gasteiger partial charge on any atom is 0.243 e. The summed E-state index contributed by atoms with van der Waals surface area (Å²) in [7, 11) is 3.13. The molecule has 2 N–H and O–H groups in total. The lowest BCUT2D eigenvalue weighted by Gasteiger charge is -2.21. The Balaban J connectivity index is 2.72. The molecule has 0 heterocycles. The average molecular weight is 308 g/mol. The highest BCUT2D eigenvalue weighted by atomic mass is 16.5. The molecule has 1 aromatic rings. The van der Waals surface area contributed by atoms with Gasteiger partial charge in [0.2, 0.25) is 11.8 Å². The van der Waals surface area contributed by atoms with Crippen molar-refractivity contribution in [2.45, 2.75) is 33.4 Å². The van der Waals surface area contributed by atoms with Gasteiger partial charge in [-0.1, -0.05) is 19.9 Å². The second kappa shape index (κ2) is 8.26. The number of amides is 2. The van der Waals surface area contributed by atoms with Crippen molar-refractivity contribution < 1.29 is 19.1 Å². The average Bonchev–Trinajstić information content (AvgIpc) is 2.49. The fraction of sp³-hybridized carbons (Fsp3) is 0.500. The number of rotatable bonds is 7. The molecule has 6 heteroatoms. The van der Waals surface area contributed by atoms with Crippen LogP contribution < -0.4 is 20.1 Å². The molecule has 0 bridgehead atoms. The van der Waals surface area contributed by atoms with Gasteiger partial charge < -0.3 is 20.1 Å². The van der Waals surface area contributed by atoms with E-state index in [0.717, 1.165) is 5.56 Å². The summed E-state index contributed by atoms with van der Waals surface area (Å²) in [5.74, 6) is 0.821. The Labute approximate surface area is 131 Å². The second-order valence-corrected chi connectivity index (χ2v) is 5.33. The first-order valence-corrected chi connectivity index (χ1v) is 7.14. The summed E-state index contributed by atoms with van der Waals surface area (Å²) in [4.78, 5) is 23.4. The van der Waals surface area contributed by atoms with E-state index in [1.54, 1.807) is 20.3 Å². The molecule has 0 aromatic heterocycles. The van der Waals surface area contributed by atoms with E-state index in [9.17, 15) is 9.59 Å². The van der Waals surface area contributed by atoms with Gasteiger partial charge in [-0.2, -0.15) is 0 Å². The molecule has 122 valence electrons. The number of carbonyl (C=O) groups is 2. The Kier molecular flexibility index (Phi) is 6.69. The summed E-state index contributed by atoms with van der Waals surface area (Å²) < 4.78 is 10.4. The van der Waals surface area contributed by atoms with Gasteiger partial charge in [0.15, 0.2) is 11.5 Å². The normalized spacial score (nSPS) is 11.7. The van der Waals surface area contributed by atoms with Gasteiger partial charge in [-0.25, -0.2) is 0 Å². The molecule has 1 atom stereocenters. The predicted molar refractivity (Wildman–Crippen MR) is 83.8 cm³/mol. The molecule has 2 amide bonds. The summed E-state index contributed by atoms with van der Waals surface area (Å²) >= 11 is 0. The Morgan fingerprint density at radius 2 is 1.77 bits per heavy atom. The maximum absolute atomic E-state index is 12.2. The molecule has 0 aliphatic heterocycles. The zero-order valence-electron chi connectivity index (χ0n) is 13.7. The Bertz CT molecular complexity index is 529. The summed E-state index contributed by atoms with van der Waals surface area (Å²) in [6.45, 7) is 5.52. The van der Waals surface area contributed by atoms with Gasteiger partial charge in [-0.05, 0) is 23.6 Å². The maximum atomic E-state index is 12.2. The SMILES string of the molecule is COc1ccc(CNC(=O)[C@@H](NC(C)=O)C(C)C)cc1OC. The van der Waals surface area contributed by atoms with Crippen LogP contribution in [0, 0.1) is 5.92 Å². The quantitative estimate of drug-likeness (QED) is 0.800. The molecular weight excluding hydrogens is 284 g/mol. The molecule has 0 spiro atoms. The van der Waals surface area contributed by atoms with Crippen LogP contribution in [0.1, 0.15) is 26.3 Å². The summed E-state index contributed by atoms with van der Waals surface area (Å²) in [5.41, 5.74) is 0.885. The molecule has 6 nitrogen and oxygen atoms in total. The van der Waals surface area contributed by atoms with E-state index in [1.807, 2.05) is 26.0 Å². The van der Waals surface area contributed by atoms with Crippen molar-refractivity contribution in [1.29, 1.82) is 0 Å². The van der Waals surface area contributed by atoms with E-state index in [-0.39, 0.29) is 17.7 Å². The van der Waals surface area contributed by atoms with Crippen molar-refractivity contribution >= 4 is 11.8 Å². The van der Waals surface area contributed by atoms with Gasteiger partial charge >= 0.3 is 0 Å². The molecule has 0 unspecified atom stereocenters. The van der Waals surface area contributed by atoms with E-state index >= 15 is 0 Å². The zero-order chi connectivity index (χ0) is 16.7. The zero-order valence-corrected chi connectivity index (χ0v) is 13.7. The smallest absolute Gasteiger partial charge is 0.243 e. The molecule has 1 aromatic carbocycles. The largest absolute Gasteiger partial charge is 0.493 e. The molecule has 0 saturated heterocycles. The van der Waals surface area contributed by atoms with Crippen LogP contribution in [-0.4, -0.2) is 32.1 Å². The summed E-state index contributed by atoms with van der Waals surface area (Å²) in [6.07, 6.45) is 0. The standard InChI is InChI=1S/C16H24N2O4/c1-10(2)15(18-11(3)19)16(20)17-9-12-6-7-13(21-4)14(8-12)22-5/h6-8,10,15H,9H2,1-5H3,(H,17,20)(H,18,19)/t15-/m0/s1. The predicted octanol–water partition coefficient (Wildman–Crippen LogP) is 1.48. The fourth-order valence-corrected chi connectivity index (χ4v) is 2.04. The van der Waals surface area contributed by atoms with Crippen LogP contribution in [0.2, 0.25) is 0 Å². The van der Waals surface area contributed by atoms with Gasteiger partial charge in [0.1, 0.15) is 6.04 Å². The van der Waals surface area contributed by atoms with Crippen LogP contribution in [0.25, 0.3) is 0 Å². The van der Waals surface area contributed by atoms with Crippen molar-refractivity contribution in [3.63, 3.8) is 0 Å². The first-order valence-electron chi connectivity index (χ1n) is 7.14. The van der Waals surface area contributed by atoms with E-state index < -0.39 is 6.04 Å². The van der Waals surface area contributed by atoms with Gasteiger partial charge in [0.25, 0.3) is 0 Å². The molecular formula is C16H24N2O4. The number of benzene rings is 1. The van der Waals surface area contributed by atoms with Crippen LogP contribution in [0.3, 0.4) is 0 Å². The van der Waals surface area contributed by atoms with Gasteiger partial charge in [0.05, 0.1) is 14.2 Å². The first kappa shape index (κ1) is 17.8. The number of methoxy groups -OCH3 is 2. The third kappa shape index (κ3) is 4.95. The van der Waals surface area contributed by atoms with Crippen LogP contribution in [-0.2, 0) is 16.1 Å². The lowest BCUT2D eigenvalue weighted by molar-refractivity contribution is -0.129. The van der Waals surface area contributed by atoms with Crippen molar-refractivity contribution in [3.05, 3.63) is 23.8 Å². The van der Waals surface area contributed by atoms with E-state index in [1.165, 1.54) is 6.92 Å². The monoisotopic (exact) mass is 308 g/mol. The highest BCUT2D eigenvalue weighted by Crippen LogP contribution is 2.27. The van der Waals surface area contributed by atoms with Crippen LogP contribution in [0.4, 0.5) is 0 Å². The molecule has 1 rings (SSSR count). The molecule has 22 heavy (non-hydrogen) atoms. The number of ether oxygens (including phenoxy) is 2. The van der Waals surface area contributed by atoms with Gasteiger partial charge in [-0.3, -0.25) is 9.59 Å². The first-order chi connectivity index (χ1) is 10.4. The molecule has 0 radical (unpaired) electrons. The van der Waals surface area contributed by atoms with Gasteiger partial charge in [0, 0.05) is 13.5 Å². The third-order valence-corrected chi connectivity index (χ3v) is 3.22. The van der Waals surface area contributed by atoms with Crippen molar-refractivity contribution in [2.75, 3.05) is 14.2 Å². The fourth-order valence-electron chi connectivity index (χ4n) is 2.04. The van der Waals surface area contributed by atoms with Crippen molar-refractivity contribution in [3.8, 4) is 11.5 Å². The van der Waals surface area contributed by atoms with Crippen LogP contribution in [0.5, 0.6) is 11.5 Å². The number of hydrogen-bond acceptors (Lipinski definition) is 4. The Hall–Kier alpha value is -2.24. The minimum absolute atomic E-state index is 0.00861. The molecule has 0 saturated carbocycles. The lowest BCUT2D eigenvalue weighted by atomic mass is 10.0. The second-order valence-electron chi connectivity index (χ2n) is 5.33. The van der Waals surface area contributed by atoms with E-state index in [4.69, 9.17) is 9.47 Å². The minimum Gasteiger partial charge on any atom is -0.493 e. The lowest BCUT2D eigenvalue weighted by Crippen LogP contribution is -2.48. The van der Waals surface area contributed by atoms with Crippen molar-refractivity contribution in [1.82, 2.24) is 10.6 Å². The summed E-state index contributed by atoms with van der Waals surface area (Å²) in [6, 6.07) is 4.90. The van der Waals surface area contributed by atoms with Crippen LogP contribution in [0.15, 0.2) is 18.2 Å². The third-order valence-electron chi connectivity index (χ3n) is 3.22. The topological polar surface area (TPSA) is 76.7 Å². The molecule has 0 aliphatic rings. The Morgan fingerprint density at radius 3 is 2.27 bits per heavy atom. The summed E-state index contributed by atoms with van der Waals surface area (Å²) in [5, 5.41) is 5.48. The van der Waals surface area contributed by atoms with E-state index in [0.29, 0.717) is 18.0 Å². The van der Waals surface area contributed by atoms with Crippen LogP contribution >= 0.6 is 0 Å². The number of nitrogens with one attached hydrogen (secondary N) is 2.